The summed E-state index contributed by atoms with van der Waals surface area (Å²) >= 11 is 0. The Morgan fingerprint density at radius 1 is 1.04 bits per heavy atom. The minimum absolute atomic E-state index is 0.0305. The summed E-state index contributed by atoms with van der Waals surface area (Å²) in [5, 5.41) is 2.77. The van der Waals surface area contributed by atoms with Crippen LogP contribution in [-0.2, 0) is 9.59 Å². The quantitative estimate of drug-likeness (QED) is 0.758. The summed E-state index contributed by atoms with van der Waals surface area (Å²) in [7, 11) is 1.55. The molecule has 142 valence electrons. The number of Topliss-reactive ketones (excluding diaryl/α,β-unsaturated/α-hetero) is 1. The number of benzene rings is 2. The van der Waals surface area contributed by atoms with Crippen molar-refractivity contribution in [3.63, 3.8) is 0 Å². The first-order chi connectivity index (χ1) is 12.8. The Morgan fingerprint density at radius 3 is 2.26 bits per heavy atom. The van der Waals surface area contributed by atoms with Gasteiger partial charge >= 0.3 is 0 Å². The zero-order valence-corrected chi connectivity index (χ0v) is 16.0. The van der Waals surface area contributed by atoms with E-state index < -0.39 is 0 Å². The van der Waals surface area contributed by atoms with Crippen molar-refractivity contribution >= 4 is 29.0 Å². The van der Waals surface area contributed by atoms with Gasteiger partial charge in [-0.15, -0.1) is 0 Å². The molecule has 0 aliphatic heterocycles. The molecule has 0 heterocycles. The van der Waals surface area contributed by atoms with E-state index in [9.17, 15) is 14.4 Å². The molecule has 2 rings (SSSR count). The van der Waals surface area contributed by atoms with Crippen LogP contribution in [0.25, 0.3) is 0 Å². The highest BCUT2D eigenvalue weighted by atomic mass is 16.5. The number of hydrogen-bond donors (Lipinski definition) is 1. The zero-order valence-electron chi connectivity index (χ0n) is 16.0. The van der Waals surface area contributed by atoms with Crippen LogP contribution in [0.15, 0.2) is 42.5 Å². The number of aryl methyl sites for hydroxylation is 1. The van der Waals surface area contributed by atoms with Gasteiger partial charge in [-0.2, -0.15) is 0 Å². The van der Waals surface area contributed by atoms with Crippen molar-refractivity contribution < 1.29 is 19.1 Å². The van der Waals surface area contributed by atoms with Crippen LogP contribution in [0.5, 0.6) is 5.75 Å². The molecule has 0 saturated carbocycles. The number of ketones is 1. The number of nitrogens with zero attached hydrogens (tertiary/aromatic N) is 1. The highest BCUT2D eigenvalue weighted by Gasteiger charge is 2.18. The number of hydrogen-bond acceptors (Lipinski definition) is 4. The number of carbonyl (C=O) groups is 3. The molecule has 0 spiro atoms. The summed E-state index contributed by atoms with van der Waals surface area (Å²) in [5.41, 5.74) is 2.82. The fourth-order valence-corrected chi connectivity index (χ4v) is 2.68. The van der Waals surface area contributed by atoms with Gasteiger partial charge in [-0.05, 0) is 55.8 Å². The molecule has 2 aromatic rings. The van der Waals surface area contributed by atoms with E-state index in [1.807, 2.05) is 19.1 Å². The minimum Gasteiger partial charge on any atom is -0.495 e. The molecule has 0 aromatic heterocycles. The van der Waals surface area contributed by atoms with Crippen molar-refractivity contribution in [2.45, 2.75) is 27.2 Å². The lowest BCUT2D eigenvalue weighted by Gasteiger charge is -2.23. The molecule has 0 radical (unpaired) electrons. The van der Waals surface area contributed by atoms with Gasteiger partial charge in [-0.1, -0.05) is 6.07 Å². The van der Waals surface area contributed by atoms with Crippen LogP contribution in [0.3, 0.4) is 0 Å². The van der Waals surface area contributed by atoms with Crippen molar-refractivity contribution in [2.24, 2.45) is 0 Å². The number of carbonyl (C=O) groups excluding carboxylic acids is 3. The third-order valence-electron chi connectivity index (χ3n) is 4.14. The smallest absolute Gasteiger partial charge is 0.226 e. The van der Waals surface area contributed by atoms with Gasteiger partial charge in [0.25, 0.3) is 0 Å². The molecule has 2 aromatic carbocycles. The Bertz CT molecular complexity index is 844. The molecule has 0 bridgehead atoms. The van der Waals surface area contributed by atoms with Crippen molar-refractivity contribution in [3.8, 4) is 5.75 Å². The summed E-state index contributed by atoms with van der Waals surface area (Å²) in [5.74, 6) is 0.161. The van der Waals surface area contributed by atoms with Crippen molar-refractivity contribution in [2.75, 3.05) is 23.9 Å². The van der Waals surface area contributed by atoms with Gasteiger partial charge in [0.1, 0.15) is 5.75 Å². The van der Waals surface area contributed by atoms with Crippen LogP contribution >= 0.6 is 0 Å². The van der Waals surface area contributed by atoms with E-state index in [0.717, 1.165) is 5.56 Å². The first-order valence-electron chi connectivity index (χ1n) is 8.65. The molecule has 1 N–H and O–H groups in total. The second-order valence-electron chi connectivity index (χ2n) is 6.28. The fourth-order valence-electron chi connectivity index (χ4n) is 2.68. The second-order valence-corrected chi connectivity index (χ2v) is 6.28. The lowest BCUT2D eigenvalue weighted by molar-refractivity contribution is -0.117. The normalized spacial score (nSPS) is 10.2. The lowest BCUT2D eigenvalue weighted by Crippen LogP contribution is -2.32. The van der Waals surface area contributed by atoms with Gasteiger partial charge in [0.15, 0.2) is 5.78 Å². The average molecular weight is 368 g/mol. The van der Waals surface area contributed by atoms with E-state index >= 15 is 0 Å². The number of nitrogens with one attached hydrogen (secondary N) is 1. The standard InChI is InChI=1S/C21H24N2O4/c1-14-5-10-20(27-4)19(13-14)23(16(3)25)12-11-21(26)22-18-8-6-17(7-9-18)15(2)24/h5-10,13H,11-12H2,1-4H3,(H,22,26). The first-order valence-corrected chi connectivity index (χ1v) is 8.65. The fraction of sp³-hybridized carbons (Fsp3) is 0.286. The van der Waals surface area contributed by atoms with Crippen LogP contribution in [0.4, 0.5) is 11.4 Å². The second kappa shape index (κ2) is 8.98. The van der Waals surface area contributed by atoms with E-state index in [1.54, 1.807) is 37.4 Å². The van der Waals surface area contributed by atoms with E-state index in [4.69, 9.17) is 4.74 Å². The number of amides is 2. The molecule has 0 aliphatic rings. The summed E-state index contributed by atoms with van der Waals surface area (Å²) in [4.78, 5) is 37.2. The number of methoxy groups -OCH3 is 1. The van der Waals surface area contributed by atoms with Crippen LogP contribution in [0.1, 0.15) is 36.2 Å². The maximum Gasteiger partial charge on any atom is 0.226 e. The van der Waals surface area contributed by atoms with E-state index in [0.29, 0.717) is 22.7 Å². The number of anilines is 2. The molecule has 0 fully saturated rings. The van der Waals surface area contributed by atoms with E-state index in [1.165, 1.54) is 18.7 Å². The molecule has 2 amide bonds. The molecule has 0 saturated heterocycles. The van der Waals surface area contributed by atoms with E-state index in [-0.39, 0.29) is 30.6 Å². The molecule has 27 heavy (non-hydrogen) atoms. The van der Waals surface area contributed by atoms with Crippen LogP contribution in [0.2, 0.25) is 0 Å². The Labute approximate surface area is 159 Å². The Balaban J connectivity index is 2.05. The number of ether oxygens (including phenoxy) is 1. The predicted octanol–water partition coefficient (Wildman–Crippen LogP) is 3.59. The Hall–Kier alpha value is -3.15. The SMILES string of the molecule is COc1ccc(C)cc1N(CCC(=O)Nc1ccc(C(C)=O)cc1)C(C)=O. The Kier molecular flexibility index (Phi) is 6.71. The summed E-state index contributed by atoms with van der Waals surface area (Å²) in [6.07, 6.45) is 0.130. The predicted molar refractivity (Wildman–Crippen MR) is 105 cm³/mol. The average Bonchev–Trinajstić information content (AvgIpc) is 2.62. The third-order valence-corrected chi connectivity index (χ3v) is 4.14. The van der Waals surface area contributed by atoms with E-state index in [2.05, 4.69) is 5.32 Å². The molecular weight excluding hydrogens is 344 g/mol. The van der Waals surface area contributed by atoms with Crippen molar-refractivity contribution in [1.29, 1.82) is 0 Å². The maximum atomic E-state index is 12.3. The van der Waals surface area contributed by atoms with Crippen LogP contribution < -0.4 is 15.0 Å². The molecule has 0 unspecified atom stereocenters. The summed E-state index contributed by atoms with van der Waals surface area (Å²) in [6.45, 7) is 5.11. The van der Waals surface area contributed by atoms with Gasteiger partial charge in [-0.25, -0.2) is 0 Å². The molecule has 6 heteroatoms. The molecular formula is C21H24N2O4. The van der Waals surface area contributed by atoms with Crippen LogP contribution in [-0.4, -0.2) is 31.3 Å². The van der Waals surface area contributed by atoms with Crippen molar-refractivity contribution in [3.05, 3.63) is 53.6 Å². The Morgan fingerprint density at radius 2 is 1.70 bits per heavy atom. The third kappa shape index (κ3) is 5.41. The first kappa shape index (κ1) is 20.2. The summed E-state index contributed by atoms with van der Waals surface area (Å²) in [6, 6.07) is 12.3. The highest BCUT2D eigenvalue weighted by Crippen LogP contribution is 2.29. The topological polar surface area (TPSA) is 75.7 Å². The van der Waals surface area contributed by atoms with Gasteiger partial charge in [-0.3, -0.25) is 14.4 Å². The van der Waals surface area contributed by atoms with Gasteiger partial charge in [0.2, 0.25) is 11.8 Å². The zero-order chi connectivity index (χ0) is 20.0. The van der Waals surface area contributed by atoms with Crippen molar-refractivity contribution in [1.82, 2.24) is 0 Å². The van der Waals surface area contributed by atoms with Crippen LogP contribution in [0, 0.1) is 6.92 Å². The molecule has 0 aliphatic carbocycles. The maximum absolute atomic E-state index is 12.3. The molecule has 0 atom stereocenters. The molecule has 6 nitrogen and oxygen atoms in total. The summed E-state index contributed by atoms with van der Waals surface area (Å²) < 4.78 is 5.34. The number of rotatable bonds is 7. The minimum atomic E-state index is -0.219. The van der Waals surface area contributed by atoms with Gasteiger partial charge < -0.3 is 15.0 Å². The highest BCUT2D eigenvalue weighted by molar-refractivity contribution is 5.97. The lowest BCUT2D eigenvalue weighted by atomic mass is 10.1. The van der Waals surface area contributed by atoms with Gasteiger partial charge in [0.05, 0.1) is 12.8 Å². The van der Waals surface area contributed by atoms with Gasteiger partial charge in [0, 0.05) is 31.1 Å². The monoisotopic (exact) mass is 368 g/mol. The largest absolute Gasteiger partial charge is 0.495 e.